The van der Waals surface area contributed by atoms with Crippen LogP contribution >= 0.6 is 0 Å². The molecule has 0 spiro atoms. The van der Waals surface area contributed by atoms with E-state index in [9.17, 15) is 0 Å². The fraction of sp³-hybridized carbons (Fsp3) is 0.300. The Morgan fingerprint density at radius 3 is 2.71 bits per heavy atom. The Morgan fingerprint density at radius 2 is 2.24 bits per heavy atom. The van der Waals surface area contributed by atoms with Gasteiger partial charge in [-0.15, -0.1) is 10.2 Å². The molecule has 2 aromatic rings. The van der Waals surface area contributed by atoms with Crippen LogP contribution in [0.25, 0.3) is 0 Å². The van der Waals surface area contributed by atoms with Gasteiger partial charge in [-0.3, -0.25) is 10.5 Å². The number of aryl methyl sites for hydroxylation is 1. The topological polar surface area (TPSA) is 90.9 Å². The molecule has 0 fully saturated rings. The van der Waals surface area contributed by atoms with E-state index in [1.165, 1.54) is 0 Å². The number of rotatable bonds is 4. The summed E-state index contributed by atoms with van der Waals surface area (Å²) >= 11 is 0. The normalized spacial score (nSPS) is 12.4. The fourth-order valence-corrected chi connectivity index (χ4v) is 1.53. The molecule has 0 bridgehead atoms. The SMILES string of the molecule is COc1ccc(C(NN)c2cnn(C)c2)nn1. The molecule has 7 nitrogen and oxygen atoms in total. The highest BCUT2D eigenvalue weighted by Crippen LogP contribution is 2.19. The number of nitrogens with one attached hydrogen (secondary N) is 1. The van der Waals surface area contributed by atoms with Crippen LogP contribution in [0.3, 0.4) is 0 Å². The van der Waals surface area contributed by atoms with Crippen molar-refractivity contribution in [1.82, 2.24) is 25.4 Å². The van der Waals surface area contributed by atoms with Gasteiger partial charge in [-0.25, -0.2) is 5.43 Å². The van der Waals surface area contributed by atoms with Crippen molar-refractivity contribution in [3.8, 4) is 5.88 Å². The Bertz CT molecular complexity index is 480. The van der Waals surface area contributed by atoms with E-state index in [0.29, 0.717) is 11.6 Å². The van der Waals surface area contributed by atoms with E-state index < -0.39 is 0 Å². The second-order valence-electron chi connectivity index (χ2n) is 3.55. The quantitative estimate of drug-likeness (QED) is 0.561. The number of nitrogens with two attached hydrogens (primary N) is 1. The molecule has 2 aromatic heterocycles. The average Bonchev–Trinajstić information content (AvgIpc) is 2.78. The molecule has 2 heterocycles. The molecule has 0 saturated carbocycles. The van der Waals surface area contributed by atoms with E-state index >= 15 is 0 Å². The maximum atomic E-state index is 5.53. The van der Waals surface area contributed by atoms with E-state index in [0.717, 1.165) is 5.56 Å². The van der Waals surface area contributed by atoms with Gasteiger partial charge in [-0.2, -0.15) is 5.10 Å². The summed E-state index contributed by atoms with van der Waals surface area (Å²) in [5, 5.41) is 12.0. The van der Waals surface area contributed by atoms with Gasteiger partial charge in [-0.1, -0.05) is 0 Å². The maximum absolute atomic E-state index is 5.53. The van der Waals surface area contributed by atoms with Gasteiger partial charge in [0.1, 0.15) is 0 Å². The molecule has 1 atom stereocenters. The molecule has 90 valence electrons. The number of hydrogen-bond donors (Lipinski definition) is 2. The average molecular weight is 234 g/mol. The van der Waals surface area contributed by atoms with Crippen LogP contribution in [0.4, 0.5) is 0 Å². The van der Waals surface area contributed by atoms with Gasteiger partial charge in [0.05, 0.1) is 25.0 Å². The summed E-state index contributed by atoms with van der Waals surface area (Å²) in [4.78, 5) is 0. The van der Waals surface area contributed by atoms with Crippen molar-refractivity contribution in [3.05, 3.63) is 35.8 Å². The van der Waals surface area contributed by atoms with Crippen LogP contribution in [-0.4, -0.2) is 27.1 Å². The Kier molecular flexibility index (Phi) is 3.31. The summed E-state index contributed by atoms with van der Waals surface area (Å²) < 4.78 is 6.66. The Morgan fingerprint density at radius 1 is 1.41 bits per heavy atom. The minimum Gasteiger partial charge on any atom is -0.480 e. The zero-order chi connectivity index (χ0) is 12.3. The molecule has 0 radical (unpaired) electrons. The molecule has 2 rings (SSSR count). The van der Waals surface area contributed by atoms with Crippen LogP contribution in [-0.2, 0) is 7.05 Å². The lowest BCUT2D eigenvalue weighted by Crippen LogP contribution is -2.29. The molecule has 0 aliphatic heterocycles. The number of hydrazine groups is 1. The first-order valence-corrected chi connectivity index (χ1v) is 5.07. The van der Waals surface area contributed by atoms with Gasteiger partial charge in [0.2, 0.25) is 5.88 Å². The van der Waals surface area contributed by atoms with Gasteiger partial charge in [0, 0.05) is 24.9 Å². The highest BCUT2D eigenvalue weighted by molar-refractivity contribution is 5.24. The molecular weight excluding hydrogens is 220 g/mol. The minimum atomic E-state index is -0.234. The zero-order valence-corrected chi connectivity index (χ0v) is 9.66. The van der Waals surface area contributed by atoms with Crippen molar-refractivity contribution < 1.29 is 4.74 Å². The summed E-state index contributed by atoms with van der Waals surface area (Å²) in [5.41, 5.74) is 4.32. The maximum Gasteiger partial charge on any atom is 0.233 e. The standard InChI is InChI=1S/C10H14N6O/c1-16-6-7(5-12-16)10(13-11)8-3-4-9(17-2)15-14-8/h3-6,10,13H,11H2,1-2H3. The summed E-state index contributed by atoms with van der Waals surface area (Å²) in [6.07, 6.45) is 3.60. The highest BCUT2D eigenvalue weighted by Gasteiger charge is 2.16. The molecule has 0 saturated heterocycles. The largest absolute Gasteiger partial charge is 0.480 e. The summed E-state index contributed by atoms with van der Waals surface area (Å²) in [6, 6.07) is 3.31. The number of methoxy groups -OCH3 is 1. The molecule has 3 N–H and O–H groups in total. The van der Waals surface area contributed by atoms with Crippen molar-refractivity contribution in [2.45, 2.75) is 6.04 Å². The third-order valence-corrected chi connectivity index (χ3v) is 2.39. The molecule has 0 aliphatic rings. The van der Waals surface area contributed by atoms with Crippen molar-refractivity contribution in [2.75, 3.05) is 7.11 Å². The van der Waals surface area contributed by atoms with Crippen LogP contribution < -0.4 is 16.0 Å². The summed E-state index contributed by atoms with van der Waals surface area (Å²) in [7, 11) is 3.39. The smallest absolute Gasteiger partial charge is 0.233 e. The number of hydrogen-bond acceptors (Lipinski definition) is 6. The van der Waals surface area contributed by atoms with E-state index in [1.54, 1.807) is 24.1 Å². The molecule has 0 amide bonds. The number of nitrogens with zero attached hydrogens (tertiary/aromatic N) is 4. The van der Waals surface area contributed by atoms with Gasteiger partial charge < -0.3 is 4.74 Å². The van der Waals surface area contributed by atoms with E-state index in [1.807, 2.05) is 19.3 Å². The van der Waals surface area contributed by atoms with Gasteiger partial charge in [-0.05, 0) is 6.07 Å². The van der Waals surface area contributed by atoms with Crippen molar-refractivity contribution in [2.24, 2.45) is 12.9 Å². The second-order valence-corrected chi connectivity index (χ2v) is 3.55. The molecular formula is C10H14N6O. The van der Waals surface area contributed by atoms with E-state index in [2.05, 4.69) is 20.7 Å². The van der Waals surface area contributed by atoms with Gasteiger partial charge in [0.15, 0.2) is 0 Å². The first-order valence-electron chi connectivity index (χ1n) is 5.07. The van der Waals surface area contributed by atoms with Crippen LogP contribution in [0.2, 0.25) is 0 Å². The monoisotopic (exact) mass is 234 g/mol. The van der Waals surface area contributed by atoms with Crippen LogP contribution in [0.15, 0.2) is 24.5 Å². The third kappa shape index (κ3) is 2.40. The van der Waals surface area contributed by atoms with Crippen molar-refractivity contribution in [1.29, 1.82) is 0 Å². The molecule has 0 aliphatic carbocycles. The first-order chi connectivity index (χ1) is 8.24. The van der Waals surface area contributed by atoms with E-state index in [-0.39, 0.29) is 6.04 Å². The summed E-state index contributed by atoms with van der Waals surface area (Å²) in [5.74, 6) is 6.00. The Balaban J connectivity index is 2.28. The van der Waals surface area contributed by atoms with Crippen molar-refractivity contribution >= 4 is 0 Å². The van der Waals surface area contributed by atoms with Gasteiger partial charge >= 0.3 is 0 Å². The van der Waals surface area contributed by atoms with Gasteiger partial charge in [0.25, 0.3) is 0 Å². The van der Waals surface area contributed by atoms with Crippen LogP contribution in [0, 0.1) is 0 Å². The minimum absolute atomic E-state index is 0.234. The Labute approximate surface area is 98.6 Å². The lowest BCUT2D eigenvalue weighted by atomic mass is 10.1. The number of aromatic nitrogens is 4. The van der Waals surface area contributed by atoms with Crippen molar-refractivity contribution in [3.63, 3.8) is 0 Å². The zero-order valence-electron chi connectivity index (χ0n) is 9.66. The molecule has 1 unspecified atom stereocenters. The highest BCUT2D eigenvalue weighted by atomic mass is 16.5. The fourth-order valence-electron chi connectivity index (χ4n) is 1.53. The summed E-state index contributed by atoms with van der Waals surface area (Å²) in [6.45, 7) is 0. The van der Waals surface area contributed by atoms with Crippen LogP contribution in [0.1, 0.15) is 17.3 Å². The second kappa shape index (κ2) is 4.89. The van der Waals surface area contributed by atoms with Crippen LogP contribution in [0.5, 0.6) is 5.88 Å². The third-order valence-electron chi connectivity index (χ3n) is 2.39. The molecule has 0 aromatic carbocycles. The van der Waals surface area contributed by atoms with E-state index in [4.69, 9.17) is 10.6 Å². The molecule has 17 heavy (non-hydrogen) atoms. The molecule has 7 heteroatoms. The Hall–Kier alpha value is -1.99. The lowest BCUT2D eigenvalue weighted by molar-refractivity contribution is 0.390. The predicted molar refractivity (Wildman–Crippen MR) is 61.0 cm³/mol. The number of ether oxygens (including phenoxy) is 1. The first kappa shape index (κ1) is 11.5. The lowest BCUT2D eigenvalue weighted by Gasteiger charge is -2.12. The predicted octanol–water partition coefficient (Wildman–Crippen LogP) is -0.229.